The second-order valence-corrected chi connectivity index (χ2v) is 6.94. The summed E-state index contributed by atoms with van der Waals surface area (Å²) >= 11 is 0. The van der Waals surface area contributed by atoms with Gasteiger partial charge in [-0.05, 0) is 41.3 Å². The van der Waals surface area contributed by atoms with Gasteiger partial charge in [0, 0.05) is 12.2 Å². The highest BCUT2D eigenvalue weighted by Crippen LogP contribution is 2.23. The minimum atomic E-state index is -0.505. The van der Waals surface area contributed by atoms with Crippen LogP contribution in [0.4, 0.5) is 10.5 Å². The number of carbonyl (C=O) groups is 2. The Morgan fingerprint density at radius 1 is 0.964 bits per heavy atom. The second kappa shape index (κ2) is 8.13. The van der Waals surface area contributed by atoms with Crippen LogP contribution in [0.15, 0.2) is 72.8 Å². The Hall–Kier alpha value is -3.34. The molecule has 0 bridgehead atoms. The molecule has 0 spiro atoms. The van der Waals surface area contributed by atoms with Crippen LogP contribution in [0.5, 0.6) is 0 Å². The molecular weight excluding hydrogens is 352 g/mol. The summed E-state index contributed by atoms with van der Waals surface area (Å²) in [6, 6.07) is 22.8. The molecule has 1 saturated heterocycles. The Morgan fingerprint density at radius 3 is 2.54 bits per heavy atom. The number of likely N-dealkylation sites (tertiary alicyclic amines) is 1. The van der Waals surface area contributed by atoms with Gasteiger partial charge >= 0.3 is 6.09 Å². The second-order valence-electron chi connectivity index (χ2n) is 6.94. The monoisotopic (exact) mass is 374 g/mol. The lowest BCUT2D eigenvalue weighted by Gasteiger charge is -2.23. The van der Waals surface area contributed by atoms with Crippen LogP contribution in [0.25, 0.3) is 10.8 Å². The number of anilines is 1. The first-order chi connectivity index (χ1) is 13.7. The molecule has 1 atom stereocenters. The third-order valence-electron chi connectivity index (χ3n) is 5.01. The molecule has 0 radical (unpaired) electrons. The van der Waals surface area contributed by atoms with Crippen molar-refractivity contribution in [3.8, 4) is 0 Å². The lowest BCUT2D eigenvalue weighted by Crippen LogP contribution is -2.43. The van der Waals surface area contributed by atoms with Gasteiger partial charge in [-0.1, -0.05) is 60.7 Å². The first-order valence-electron chi connectivity index (χ1n) is 9.48. The zero-order valence-electron chi connectivity index (χ0n) is 15.5. The van der Waals surface area contributed by atoms with Gasteiger partial charge in [0.25, 0.3) is 0 Å². The van der Waals surface area contributed by atoms with Gasteiger partial charge < -0.3 is 10.1 Å². The van der Waals surface area contributed by atoms with Crippen molar-refractivity contribution in [1.29, 1.82) is 0 Å². The summed E-state index contributed by atoms with van der Waals surface area (Å²) in [7, 11) is 0. The summed E-state index contributed by atoms with van der Waals surface area (Å²) in [5.74, 6) is -0.176. The van der Waals surface area contributed by atoms with Crippen LogP contribution in [0.3, 0.4) is 0 Å². The summed E-state index contributed by atoms with van der Waals surface area (Å²) in [4.78, 5) is 26.8. The SMILES string of the molecule is O=C(Nc1ccc2ccccc2c1)[C@@H]1CCCN1C(=O)OCc1ccccc1. The lowest BCUT2D eigenvalue weighted by atomic mass is 10.1. The Kier molecular flexibility index (Phi) is 5.24. The maximum atomic E-state index is 12.8. The van der Waals surface area contributed by atoms with Gasteiger partial charge in [-0.15, -0.1) is 0 Å². The number of hydrogen-bond donors (Lipinski definition) is 1. The van der Waals surface area contributed by atoms with Crippen LogP contribution >= 0.6 is 0 Å². The summed E-state index contributed by atoms with van der Waals surface area (Å²) in [5, 5.41) is 5.13. The van der Waals surface area contributed by atoms with Crippen LogP contribution in [-0.4, -0.2) is 29.5 Å². The minimum absolute atomic E-state index is 0.176. The van der Waals surface area contributed by atoms with E-state index in [1.807, 2.05) is 72.8 Å². The highest BCUT2D eigenvalue weighted by Gasteiger charge is 2.35. The topological polar surface area (TPSA) is 58.6 Å². The first-order valence-corrected chi connectivity index (χ1v) is 9.48. The molecular formula is C23H22N2O3. The van der Waals surface area contributed by atoms with E-state index in [-0.39, 0.29) is 12.5 Å². The van der Waals surface area contributed by atoms with Gasteiger partial charge in [-0.3, -0.25) is 9.69 Å². The average Bonchev–Trinajstić information content (AvgIpc) is 3.23. The zero-order valence-corrected chi connectivity index (χ0v) is 15.5. The fraction of sp³-hybridized carbons (Fsp3) is 0.217. The number of rotatable bonds is 4. The lowest BCUT2D eigenvalue weighted by molar-refractivity contribution is -0.120. The molecule has 0 aromatic heterocycles. The number of nitrogens with zero attached hydrogens (tertiary/aromatic N) is 1. The highest BCUT2D eigenvalue weighted by atomic mass is 16.6. The van der Waals surface area contributed by atoms with Gasteiger partial charge in [0.15, 0.2) is 0 Å². The number of nitrogens with one attached hydrogen (secondary N) is 1. The van der Waals surface area contributed by atoms with Gasteiger partial charge in [0.05, 0.1) is 0 Å². The molecule has 2 amide bonds. The van der Waals surface area contributed by atoms with Crippen molar-refractivity contribution in [2.24, 2.45) is 0 Å². The summed E-state index contributed by atoms with van der Waals surface area (Å²) in [6.45, 7) is 0.735. The highest BCUT2D eigenvalue weighted by molar-refractivity contribution is 5.98. The number of amides is 2. The standard InChI is InChI=1S/C23H22N2O3/c26-22(24-20-13-12-18-9-4-5-10-19(18)15-20)21-11-6-14-25(21)23(27)28-16-17-7-2-1-3-8-17/h1-5,7-10,12-13,15,21H,6,11,14,16H2,(H,24,26)/t21-/m0/s1. The van der Waals surface area contributed by atoms with Crippen LogP contribution < -0.4 is 5.32 Å². The van der Waals surface area contributed by atoms with Crippen molar-refractivity contribution in [3.63, 3.8) is 0 Å². The van der Waals surface area contributed by atoms with Crippen LogP contribution in [0, 0.1) is 0 Å². The number of fused-ring (bicyclic) bond motifs is 1. The maximum absolute atomic E-state index is 12.8. The smallest absolute Gasteiger partial charge is 0.410 e. The van der Waals surface area contributed by atoms with E-state index in [1.54, 1.807) is 0 Å². The molecule has 0 aliphatic carbocycles. The Bertz CT molecular complexity index is 987. The quantitative estimate of drug-likeness (QED) is 0.727. The molecule has 4 rings (SSSR count). The molecule has 1 aliphatic heterocycles. The predicted molar refractivity (Wildman–Crippen MR) is 109 cm³/mol. The first kappa shape index (κ1) is 18.0. The van der Waals surface area contributed by atoms with Gasteiger partial charge in [0.2, 0.25) is 5.91 Å². The van der Waals surface area contributed by atoms with Gasteiger partial charge in [0.1, 0.15) is 12.6 Å². The summed E-state index contributed by atoms with van der Waals surface area (Å²) < 4.78 is 5.41. The molecule has 3 aromatic rings. The van der Waals surface area contributed by atoms with Crippen LogP contribution in [-0.2, 0) is 16.1 Å². The minimum Gasteiger partial charge on any atom is -0.445 e. The molecule has 28 heavy (non-hydrogen) atoms. The fourth-order valence-electron chi connectivity index (χ4n) is 3.55. The van der Waals surface area contributed by atoms with E-state index in [9.17, 15) is 9.59 Å². The molecule has 1 fully saturated rings. The number of carbonyl (C=O) groups excluding carboxylic acids is 2. The van der Waals surface area contributed by atoms with Crippen molar-refractivity contribution < 1.29 is 14.3 Å². The normalized spacial score (nSPS) is 16.1. The van der Waals surface area contributed by atoms with E-state index in [2.05, 4.69) is 5.32 Å². The molecule has 0 saturated carbocycles. The molecule has 1 heterocycles. The molecule has 0 unspecified atom stereocenters. The third kappa shape index (κ3) is 3.98. The summed E-state index contributed by atoms with van der Waals surface area (Å²) in [6.07, 6.45) is 0.982. The van der Waals surface area contributed by atoms with E-state index in [4.69, 9.17) is 4.74 Å². The molecule has 1 N–H and O–H groups in total. The molecule has 142 valence electrons. The number of ether oxygens (including phenoxy) is 1. The molecule has 5 heteroatoms. The van der Waals surface area contributed by atoms with Crippen molar-refractivity contribution in [3.05, 3.63) is 78.4 Å². The molecule has 3 aromatic carbocycles. The summed E-state index contributed by atoms with van der Waals surface area (Å²) in [5.41, 5.74) is 1.65. The van der Waals surface area contributed by atoms with Gasteiger partial charge in [-0.25, -0.2) is 4.79 Å². The maximum Gasteiger partial charge on any atom is 0.410 e. The van der Waals surface area contributed by atoms with Gasteiger partial charge in [-0.2, -0.15) is 0 Å². The Labute approximate surface area is 163 Å². The van der Waals surface area contributed by atoms with Crippen molar-refractivity contribution in [1.82, 2.24) is 4.90 Å². The van der Waals surface area contributed by atoms with Crippen molar-refractivity contribution in [2.75, 3.05) is 11.9 Å². The third-order valence-corrected chi connectivity index (χ3v) is 5.01. The van der Waals surface area contributed by atoms with E-state index < -0.39 is 12.1 Å². The number of benzene rings is 3. The fourth-order valence-corrected chi connectivity index (χ4v) is 3.55. The predicted octanol–water partition coefficient (Wildman–Crippen LogP) is 4.58. The van der Waals surface area contributed by atoms with E-state index in [0.717, 1.165) is 28.4 Å². The largest absolute Gasteiger partial charge is 0.445 e. The van der Waals surface area contributed by atoms with Crippen LogP contribution in [0.2, 0.25) is 0 Å². The zero-order chi connectivity index (χ0) is 19.3. The molecule has 1 aliphatic rings. The number of hydrogen-bond acceptors (Lipinski definition) is 3. The average molecular weight is 374 g/mol. The molecule has 5 nitrogen and oxygen atoms in total. The van der Waals surface area contributed by atoms with Crippen molar-refractivity contribution >= 4 is 28.5 Å². The van der Waals surface area contributed by atoms with E-state index >= 15 is 0 Å². The Balaban J connectivity index is 1.40. The Morgan fingerprint density at radius 2 is 1.71 bits per heavy atom. The van der Waals surface area contributed by atoms with Crippen molar-refractivity contribution in [2.45, 2.75) is 25.5 Å². The van der Waals surface area contributed by atoms with Crippen LogP contribution in [0.1, 0.15) is 18.4 Å². The van der Waals surface area contributed by atoms with E-state index in [0.29, 0.717) is 13.0 Å². The van der Waals surface area contributed by atoms with E-state index in [1.165, 1.54) is 4.90 Å².